The Labute approximate surface area is 172 Å². The van der Waals surface area contributed by atoms with Gasteiger partial charge in [-0.2, -0.15) is 0 Å². The number of aromatic nitrogens is 1. The van der Waals surface area contributed by atoms with Gasteiger partial charge in [0.15, 0.2) is 16.6 Å². The summed E-state index contributed by atoms with van der Waals surface area (Å²) in [6.07, 6.45) is 0. The Morgan fingerprint density at radius 2 is 1.79 bits per heavy atom. The van der Waals surface area contributed by atoms with E-state index in [1.165, 1.54) is 14.2 Å². The molecule has 0 unspecified atom stereocenters. The molecule has 1 heterocycles. The van der Waals surface area contributed by atoms with E-state index in [4.69, 9.17) is 14.2 Å². The number of thiazole rings is 1. The van der Waals surface area contributed by atoms with Crippen LogP contribution in [0.1, 0.15) is 27.0 Å². The number of amides is 1. The number of ether oxygens (including phenoxy) is 3. The quantitative estimate of drug-likeness (QED) is 0.584. The summed E-state index contributed by atoms with van der Waals surface area (Å²) in [5, 5.41) is 3.02. The molecule has 0 atom stereocenters. The van der Waals surface area contributed by atoms with Gasteiger partial charge in [0, 0.05) is 5.56 Å². The van der Waals surface area contributed by atoms with Crippen molar-refractivity contribution < 1.29 is 23.8 Å². The van der Waals surface area contributed by atoms with E-state index in [1.807, 2.05) is 30.3 Å². The SMILES string of the molecule is CCOC(=O)c1sc(NC(=O)c2cccc(OC)c2OC)nc1-c1ccccc1. The minimum Gasteiger partial charge on any atom is -0.493 e. The molecule has 0 radical (unpaired) electrons. The Bertz CT molecular complexity index is 1020. The van der Waals surface area contributed by atoms with Crippen molar-refractivity contribution in [2.45, 2.75) is 6.92 Å². The van der Waals surface area contributed by atoms with Gasteiger partial charge in [-0.25, -0.2) is 9.78 Å². The summed E-state index contributed by atoms with van der Waals surface area (Å²) in [5.41, 5.74) is 1.51. The Balaban J connectivity index is 1.96. The molecule has 1 N–H and O–H groups in total. The maximum atomic E-state index is 12.8. The van der Waals surface area contributed by atoms with E-state index >= 15 is 0 Å². The molecule has 3 rings (SSSR count). The summed E-state index contributed by atoms with van der Waals surface area (Å²) < 4.78 is 15.7. The highest BCUT2D eigenvalue weighted by atomic mass is 32.1. The number of para-hydroxylation sites is 1. The summed E-state index contributed by atoms with van der Waals surface area (Å²) >= 11 is 1.06. The lowest BCUT2D eigenvalue weighted by Gasteiger charge is -2.11. The zero-order valence-electron chi connectivity index (χ0n) is 16.2. The van der Waals surface area contributed by atoms with Crippen LogP contribution in [0.15, 0.2) is 48.5 Å². The van der Waals surface area contributed by atoms with Crippen LogP contribution >= 0.6 is 11.3 Å². The van der Waals surface area contributed by atoms with Crippen LogP contribution in [0.25, 0.3) is 11.3 Å². The first kappa shape index (κ1) is 20.3. The fraction of sp³-hybridized carbons (Fsp3) is 0.190. The van der Waals surface area contributed by atoms with E-state index in [1.54, 1.807) is 25.1 Å². The van der Waals surface area contributed by atoms with E-state index in [2.05, 4.69) is 10.3 Å². The van der Waals surface area contributed by atoms with Crippen LogP contribution in [0, 0.1) is 0 Å². The van der Waals surface area contributed by atoms with Gasteiger partial charge in [0.05, 0.1) is 32.1 Å². The molecule has 0 bridgehead atoms. The molecule has 8 heteroatoms. The molecule has 150 valence electrons. The molecule has 0 fully saturated rings. The van der Waals surface area contributed by atoms with E-state index in [0.717, 1.165) is 16.9 Å². The number of hydrogen-bond acceptors (Lipinski definition) is 7. The Morgan fingerprint density at radius 3 is 2.45 bits per heavy atom. The number of carbonyl (C=O) groups excluding carboxylic acids is 2. The first-order chi connectivity index (χ1) is 14.1. The van der Waals surface area contributed by atoms with Crippen molar-refractivity contribution in [3.63, 3.8) is 0 Å². The standard InChI is InChI=1S/C21H20N2O5S/c1-4-28-20(25)18-16(13-9-6-5-7-10-13)22-21(29-18)23-19(24)14-11-8-12-15(26-2)17(14)27-3/h5-12H,4H2,1-3H3,(H,22,23,24). The molecule has 7 nitrogen and oxygen atoms in total. The monoisotopic (exact) mass is 412 g/mol. The number of methoxy groups -OCH3 is 2. The van der Waals surface area contributed by atoms with Gasteiger partial charge < -0.3 is 14.2 Å². The predicted octanol–water partition coefficient (Wildman–Crippen LogP) is 4.26. The second-order valence-electron chi connectivity index (χ2n) is 5.78. The highest BCUT2D eigenvalue weighted by Gasteiger charge is 2.23. The number of nitrogens with zero attached hydrogens (tertiary/aromatic N) is 1. The Kier molecular flexibility index (Phi) is 6.46. The van der Waals surface area contributed by atoms with Crippen LogP contribution in [0.3, 0.4) is 0 Å². The highest BCUT2D eigenvalue weighted by Crippen LogP contribution is 2.34. The molecule has 0 aliphatic carbocycles. The number of nitrogens with one attached hydrogen (secondary N) is 1. The first-order valence-corrected chi connectivity index (χ1v) is 9.66. The maximum absolute atomic E-state index is 12.8. The van der Waals surface area contributed by atoms with Crippen LogP contribution in [-0.4, -0.2) is 37.7 Å². The highest BCUT2D eigenvalue weighted by molar-refractivity contribution is 7.18. The number of rotatable bonds is 7. The lowest BCUT2D eigenvalue weighted by Crippen LogP contribution is -2.13. The molecular formula is C21H20N2O5S. The minimum absolute atomic E-state index is 0.244. The summed E-state index contributed by atoms with van der Waals surface area (Å²) in [5.74, 6) is -0.151. The fourth-order valence-electron chi connectivity index (χ4n) is 2.73. The van der Waals surface area contributed by atoms with Crippen LogP contribution in [0.5, 0.6) is 11.5 Å². The molecule has 0 spiro atoms. The minimum atomic E-state index is -0.483. The van der Waals surface area contributed by atoms with Crippen molar-refractivity contribution in [1.82, 2.24) is 4.98 Å². The van der Waals surface area contributed by atoms with Gasteiger partial charge in [-0.15, -0.1) is 0 Å². The van der Waals surface area contributed by atoms with Crippen molar-refractivity contribution in [2.24, 2.45) is 0 Å². The van der Waals surface area contributed by atoms with Crippen LogP contribution < -0.4 is 14.8 Å². The molecule has 3 aromatic rings. The van der Waals surface area contributed by atoms with Crippen LogP contribution in [0.2, 0.25) is 0 Å². The predicted molar refractivity (Wildman–Crippen MR) is 111 cm³/mol. The third-order valence-corrected chi connectivity index (χ3v) is 4.95. The van der Waals surface area contributed by atoms with E-state index in [9.17, 15) is 9.59 Å². The normalized spacial score (nSPS) is 10.3. The summed E-state index contributed by atoms with van der Waals surface area (Å²) in [6, 6.07) is 14.3. The first-order valence-electron chi connectivity index (χ1n) is 8.84. The van der Waals surface area contributed by atoms with Crippen molar-refractivity contribution in [3.05, 3.63) is 59.0 Å². The van der Waals surface area contributed by atoms with E-state index in [0.29, 0.717) is 27.6 Å². The lowest BCUT2D eigenvalue weighted by atomic mass is 10.1. The molecule has 0 saturated carbocycles. The second-order valence-corrected chi connectivity index (χ2v) is 6.78. The lowest BCUT2D eigenvalue weighted by molar-refractivity contribution is 0.0532. The van der Waals surface area contributed by atoms with Crippen LogP contribution in [-0.2, 0) is 4.74 Å². The Hall–Kier alpha value is -3.39. The molecule has 0 aliphatic rings. The van der Waals surface area contributed by atoms with Gasteiger partial charge in [-0.3, -0.25) is 10.1 Å². The number of esters is 1. The smallest absolute Gasteiger partial charge is 0.350 e. The van der Waals surface area contributed by atoms with Gasteiger partial charge in [0.1, 0.15) is 4.88 Å². The molecule has 0 saturated heterocycles. The number of carbonyl (C=O) groups is 2. The van der Waals surface area contributed by atoms with Gasteiger partial charge in [0.25, 0.3) is 5.91 Å². The zero-order chi connectivity index (χ0) is 20.8. The average Bonchev–Trinajstić information content (AvgIpc) is 3.17. The topological polar surface area (TPSA) is 86.8 Å². The Morgan fingerprint density at radius 1 is 1.03 bits per heavy atom. The zero-order valence-corrected chi connectivity index (χ0v) is 17.0. The average molecular weight is 412 g/mol. The number of benzene rings is 2. The maximum Gasteiger partial charge on any atom is 0.350 e. The molecular weight excluding hydrogens is 392 g/mol. The molecule has 1 aromatic heterocycles. The summed E-state index contributed by atoms with van der Waals surface area (Å²) in [6.45, 7) is 1.98. The van der Waals surface area contributed by atoms with Crippen molar-refractivity contribution in [1.29, 1.82) is 0 Å². The van der Waals surface area contributed by atoms with E-state index in [-0.39, 0.29) is 11.7 Å². The fourth-order valence-corrected chi connectivity index (χ4v) is 3.61. The van der Waals surface area contributed by atoms with Gasteiger partial charge in [0.2, 0.25) is 0 Å². The number of anilines is 1. The molecule has 29 heavy (non-hydrogen) atoms. The largest absolute Gasteiger partial charge is 0.493 e. The van der Waals surface area contributed by atoms with Gasteiger partial charge >= 0.3 is 5.97 Å². The third kappa shape index (κ3) is 4.38. The van der Waals surface area contributed by atoms with E-state index < -0.39 is 11.9 Å². The molecule has 0 aliphatic heterocycles. The summed E-state index contributed by atoms with van der Waals surface area (Å²) in [4.78, 5) is 30.0. The van der Waals surface area contributed by atoms with Crippen molar-refractivity contribution in [3.8, 4) is 22.8 Å². The van der Waals surface area contributed by atoms with Crippen molar-refractivity contribution >= 4 is 28.3 Å². The molecule has 2 aromatic carbocycles. The van der Waals surface area contributed by atoms with Crippen molar-refractivity contribution in [2.75, 3.05) is 26.1 Å². The third-order valence-electron chi connectivity index (χ3n) is 4.00. The summed E-state index contributed by atoms with van der Waals surface area (Å²) in [7, 11) is 2.96. The van der Waals surface area contributed by atoms with Gasteiger partial charge in [-0.05, 0) is 19.1 Å². The second kappa shape index (κ2) is 9.20. The van der Waals surface area contributed by atoms with Crippen LogP contribution in [0.4, 0.5) is 5.13 Å². The number of hydrogen-bond donors (Lipinski definition) is 1. The molecule has 1 amide bonds. The van der Waals surface area contributed by atoms with Gasteiger partial charge in [-0.1, -0.05) is 47.7 Å².